The Morgan fingerprint density at radius 3 is 1.72 bits per heavy atom. The molecule has 3 aromatic carbocycles. The van der Waals surface area contributed by atoms with Crippen molar-refractivity contribution in [3.63, 3.8) is 0 Å². The molecule has 686 valence electrons. The van der Waals surface area contributed by atoms with E-state index in [2.05, 4.69) is 70.4 Å². The molecule has 1 saturated heterocycles. The number of hydrogen-bond acceptors (Lipinski definition) is 26. The number of cyclic esters (lactones) is 1. The molecule has 0 aliphatic carbocycles. The van der Waals surface area contributed by atoms with E-state index in [1.165, 1.54) is 49.6 Å². The van der Waals surface area contributed by atoms with Crippen molar-refractivity contribution in [3.8, 4) is 5.75 Å². The monoisotopic (exact) mass is 1770 g/mol. The number of unbranched alkanes of at least 4 members (excludes halogenated alkanes) is 6. The highest BCUT2D eigenvalue weighted by molar-refractivity contribution is 6.06. The second-order valence-electron chi connectivity index (χ2n) is 29.7. The number of benzene rings is 3. The summed E-state index contributed by atoms with van der Waals surface area (Å²) in [6.07, 6.45) is -3.08. The molecule has 5 rings (SSSR count). The first kappa shape index (κ1) is 102. The van der Waals surface area contributed by atoms with E-state index in [9.17, 15) is 126 Å². The number of aliphatic carboxylic acids is 4. The van der Waals surface area contributed by atoms with Crippen molar-refractivity contribution in [3.05, 3.63) is 89.6 Å². The summed E-state index contributed by atoms with van der Waals surface area (Å²) in [5.74, 6) is -31.0. The maximum absolute atomic E-state index is 15.0. The van der Waals surface area contributed by atoms with Crippen molar-refractivity contribution in [2.45, 2.75) is 209 Å². The van der Waals surface area contributed by atoms with Gasteiger partial charge in [-0.3, -0.25) is 95.9 Å². The first-order valence-electron chi connectivity index (χ1n) is 40.1. The fourth-order valence-corrected chi connectivity index (χ4v) is 12.9. The molecular formula is C80H108N18O28. The number of para-hydroxylation sites is 2. The third kappa shape index (κ3) is 33.8. The number of aliphatic hydroxyl groups is 1. The number of carbonyl (C=O) groups is 21. The number of rotatable bonds is 38. The van der Waals surface area contributed by atoms with Crippen LogP contribution in [0.2, 0.25) is 0 Å². The molecule has 1 fully saturated rings. The fraction of sp³-hybridized carbons (Fsp3) is 0.487. The molecule has 13 atom stereocenters. The number of fused-ring (bicyclic) bond motifs is 1. The second kappa shape index (κ2) is 50.9. The first-order valence-corrected chi connectivity index (χ1v) is 40.1. The number of hydrogen-bond donors (Lipinski definition) is 23. The summed E-state index contributed by atoms with van der Waals surface area (Å²) < 4.78 is 10.9. The van der Waals surface area contributed by atoms with E-state index in [1.807, 2.05) is 16.0 Å². The first-order chi connectivity index (χ1) is 59.6. The minimum absolute atomic E-state index is 0.00882. The number of carbonyl (C=O) groups excluding carboxylic acids is 17. The van der Waals surface area contributed by atoms with Crippen LogP contribution in [0, 0.1) is 5.92 Å². The van der Waals surface area contributed by atoms with Crippen LogP contribution in [0.4, 0.5) is 11.4 Å². The molecule has 0 saturated carbocycles. The summed E-state index contributed by atoms with van der Waals surface area (Å²) in [7, 11) is 1.31. The van der Waals surface area contributed by atoms with E-state index in [-0.39, 0.29) is 54.1 Å². The van der Waals surface area contributed by atoms with E-state index in [1.54, 1.807) is 30.5 Å². The number of nitrogens with two attached hydrogens (primary N) is 3. The quantitative estimate of drug-likeness (QED) is 0.00869. The maximum atomic E-state index is 15.0. The van der Waals surface area contributed by atoms with Crippen LogP contribution in [-0.4, -0.2) is 261 Å². The minimum Gasteiger partial charge on any atom is -0.497 e. The summed E-state index contributed by atoms with van der Waals surface area (Å²) in [5, 5.41) is 81.7. The van der Waals surface area contributed by atoms with Crippen LogP contribution in [0.1, 0.15) is 157 Å². The summed E-state index contributed by atoms with van der Waals surface area (Å²) in [6.45, 7) is 0.764. The number of aliphatic hydroxyl groups excluding tert-OH is 1. The van der Waals surface area contributed by atoms with Gasteiger partial charge in [0.1, 0.15) is 78.3 Å². The summed E-state index contributed by atoms with van der Waals surface area (Å²) in [6, 6.07) is -7.11. The molecule has 126 heavy (non-hydrogen) atoms. The van der Waals surface area contributed by atoms with Gasteiger partial charge in [0.05, 0.1) is 64.5 Å². The molecule has 0 spiro atoms. The molecule has 46 nitrogen and oxygen atoms in total. The van der Waals surface area contributed by atoms with Crippen LogP contribution in [0.5, 0.6) is 5.75 Å². The van der Waals surface area contributed by atoms with Gasteiger partial charge in [0.15, 0.2) is 5.78 Å². The van der Waals surface area contributed by atoms with Crippen LogP contribution in [0.15, 0.2) is 72.9 Å². The van der Waals surface area contributed by atoms with Crippen LogP contribution < -0.4 is 96.4 Å². The molecule has 1 aliphatic heterocycles. The number of aromatic amines is 1. The number of ketones is 1. The standard InChI is InChI=1S/C80H108N18O28/c1-6-7-8-9-10-11-12-23-60(102)90-51(28-42-35-85-49-21-16-14-18-44(42)49)74(118)93-52(31-59(83)101)75(119)95-55(34-66(111)112)76(120)98-68-41(4)126-80(124)56(30-58(100)45-19-13-15-20-47(45)81)96-79(123)67(39(2)27-63(105)106)97-77(121)57(38-99)91-62(104)36-86-71(115)53(32-64(107)108)92-69(113)40(3)88-73(117)54(33-65(109)110)94-72(116)50(89-61(103)37-87-78(68)122)22-17-26-84-70(114)46-29-43(125-5)24-25-48(46)82/h13-16,18-21,24-25,29,35,39-41,50-57,67-68,85,99H,6-12,17,22-23,26-28,30-34,36-38,81-82H2,1-5H3,(H2,83,101)(H,84,114)(H,86,115)(H,87,122)(H,88,117)(H,89,103)(H,90,102)(H,91,104)(H,92,113)(H,93,118)(H,94,116)(H,95,119)(H,96,123)(H,97,121)(H,98,120)(H,105,106)(H,107,108)(H,109,110)(H,111,112)/t39-,40-,41?,50+,51+,52+,53+,54?,55+,56+,57-,67?,68?/m1/s1. The van der Waals surface area contributed by atoms with Crippen molar-refractivity contribution in [1.29, 1.82) is 0 Å². The number of anilines is 2. The van der Waals surface area contributed by atoms with Crippen molar-refractivity contribution < 1.29 is 136 Å². The lowest BCUT2D eigenvalue weighted by molar-refractivity contribution is -0.156. The Hall–Kier alpha value is -14.4. The minimum atomic E-state index is -2.51. The van der Waals surface area contributed by atoms with Crippen LogP contribution in [0.3, 0.4) is 0 Å². The van der Waals surface area contributed by atoms with E-state index >= 15 is 0 Å². The van der Waals surface area contributed by atoms with Gasteiger partial charge in [-0.1, -0.05) is 82.7 Å². The zero-order valence-electron chi connectivity index (χ0n) is 69.6. The molecule has 2 heterocycles. The van der Waals surface area contributed by atoms with Gasteiger partial charge in [-0.05, 0) is 81.0 Å². The second-order valence-corrected chi connectivity index (χ2v) is 29.7. The SMILES string of the molecule is CCCCCCCCCC(=O)N[C@@H](Cc1c[nH]c2ccccc12)C(=O)N[C@@H](CC(N)=O)C(=O)N[C@@H](CC(=O)O)C(=O)NC1C(=O)NCC(=O)N[C@@H](CCCNC(=O)c2cc(OC)ccc2N)C(=O)NC(CC(=O)O)C(=O)N[C@H](C)C(=O)N[C@@H](CC(=O)O)C(=O)NCC(=O)N[C@H](CO)C(=O)NC([C@H](C)CC(=O)O)C(=O)N[C@@H](CC(=O)c2ccccc2N)C(=O)OC1C. The molecule has 1 aliphatic rings. The largest absolute Gasteiger partial charge is 0.497 e. The number of nitrogen functional groups attached to an aromatic ring is 2. The number of ether oxygens (including phenoxy) is 2. The van der Waals surface area contributed by atoms with Gasteiger partial charge >= 0.3 is 29.8 Å². The van der Waals surface area contributed by atoms with Gasteiger partial charge in [-0.15, -0.1) is 0 Å². The summed E-state index contributed by atoms with van der Waals surface area (Å²) >= 11 is 0. The number of carboxylic acid groups (broad SMARTS) is 4. The number of methoxy groups -OCH3 is 1. The molecule has 4 unspecified atom stereocenters. The van der Waals surface area contributed by atoms with Gasteiger partial charge in [0, 0.05) is 59.8 Å². The lowest BCUT2D eigenvalue weighted by Gasteiger charge is -2.30. The van der Waals surface area contributed by atoms with Gasteiger partial charge in [0.2, 0.25) is 82.7 Å². The van der Waals surface area contributed by atoms with Gasteiger partial charge in [-0.25, -0.2) is 4.79 Å². The number of esters is 1. The Balaban J connectivity index is 1.64. The average molecular weight is 1770 g/mol. The third-order valence-corrected chi connectivity index (χ3v) is 19.6. The number of amides is 15. The van der Waals surface area contributed by atoms with Gasteiger partial charge < -0.3 is 132 Å². The summed E-state index contributed by atoms with van der Waals surface area (Å²) in [4.78, 5) is 293. The van der Waals surface area contributed by atoms with Crippen LogP contribution in [0.25, 0.3) is 10.9 Å². The van der Waals surface area contributed by atoms with Crippen molar-refractivity contribution in [1.82, 2.24) is 79.4 Å². The topological polar surface area (TPSA) is 740 Å². The smallest absolute Gasteiger partial charge is 0.329 e. The summed E-state index contributed by atoms with van der Waals surface area (Å²) in [5.41, 5.74) is 18.3. The number of primary amides is 1. The van der Waals surface area contributed by atoms with Crippen LogP contribution >= 0.6 is 0 Å². The number of H-pyrrole nitrogens is 1. The number of aromatic nitrogens is 1. The van der Waals surface area contributed by atoms with Gasteiger partial charge in [0.25, 0.3) is 5.91 Å². The number of carboxylic acids is 4. The average Bonchev–Trinajstić information content (AvgIpc) is 1.43. The normalized spacial score (nSPS) is 20.3. The number of Topliss-reactive ketones (excluding diaryl/α,β-unsaturated/α-hetero) is 1. The lowest BCUT2D eigenvalue weighted by atomic mass is 9.96. The van der Waals surface area contributed by atoms with Crippen molar-refractivity contribution >= 4 is 147 Å². The molecule has 1 aromatic heterocycles. The maximum Gasteiger partial charge on any atom is 0.329 e. The highest BCUT2D eigenvalue weighted by atomic mass is 16.5. The predicted octanol–water partition coefficient (Wildman–Crippen LogP) is -4.56. The van der Waals surface area contributed by atoms with Crippen LogP contribution in [-0.2, 0) is 102 Å². The molecule has 26 N–H and O–H groups in total. The van der Waals surface area contributed by atoms with E-state index in [4.69, 9.17) is 26.7 Å². The fourth-order valence-electron chi connectivity index (χ4n) is 12.9. The van der Waals surface area contributed by atoms with Crippen molar-refractivity contribution in [2.75, 3.05) is 44.8 Å². The molecular weight excluding hydrogens is 1660 g/mol. The highest BCUT2D eigenvalue weighted by Gasteiger charge is 2.41. The Kier molecular flexibility index (Phi) is 41.3. The van der Waals surface area contributed by atoms with E-state index < -0.39 is 267 Å². The number of nitrogens with one attached hydrogen (secondary N) is 15. The zero-order chi connectivity index (χ0) is 93.6. The lowest BCUT2D eigenvalue weighted by Crippen LogP contribution is -2.62. The molecule has 0 bridgehead atoms. The Morgan fingerprint density at radius 1 is 0.548 bits per heavy atom. The Morgan fingerprint density at radius 2 is 1.10 bits per heavy atom. The molecule has 4 aromatic rings. The Bertz CT molecular complexity index is 4650. The van der Waals surface area contributed by atoms with Gasteiger partial charge in [-0.2, -0.15) is 0 Å². The zero-order valence-corrected chi connectivity index (χ0v) is 69.6. The molecule has 46 heteroatoms. The predicted molar refractivity (Wildman–Crippen MR) is 441 cm³/mol. The van der Waals surface area contributed by atoms with E-state index in [0.717, 1.165) is 52.9 Å². The highest BCUT2D eigenvalue weighted by Crippen LogP contribution is 2.23. The molecule has 0 radical (unpaired) electrons. The third-order valence-electron chi connectivity index (χ3n) is 19.6. The van der Waals surface area contributed by atoms with Crippen molar-refractivity contribution in [2.24, 2.45) is 11.7 Å². The Labute approximate surface area is 720 Å². The molecule has 15 amide bonds. The van der Waals surface area contributed by atoms with E-state index in [0.29, 0.717) is 29.3 Å².